The predicted octanol–water partition coefficient (Wildman–Crippen LogP) is 2.78. The summed E-state index contributed by atoms with van der Waals surface area (Å²) in [5.74, 6) is 0. The number of aryl methyl sites for hydroxylation is 1. The van der Waals surface area contributed by atoms with Gasteiger partial charge in [-0.15, -0.1) is 0 Å². The van der Waals surface area contributed by atoms with Crippen LogP contribution in [0.15, 0.2) is 30.3 Å². The zero-order chi connectivity index (χ0) is 9.90. The Bertz CT molecular complexity index is 305. The molecule has 1 N–H and O–H groups in total. The minimum atomic E-state index is -0.734. The molecule has 0 aliphatic rings. The molecule has 1 aromatic carbocycles. The van der Waals surface area contributed by atoms with Crippen LogP contribution in [-0.4, -0.2) is 10.7 Å². The van der Waals surface area contributed by atoms with Crippen molar-refractivity contribution in [3.63, 3.8) is 0 Å². The van der Waals surface area contributed by atoms with Gasteiger partial charge in [-0.25, -0.2) is 0 Å². The SMILES string of the molecule is Cc1ccccc1/C=C\C(C)(C)O. The molecule has 70 valence electrons. The standard InChI is InChI=1S/C12H16O/c1-10-6-4-5-7-11(10)8-9-12(2,3)13/h4-9,13H,1-3H3/b9-8-. The van der Waals surface area contributed by atoms with Crippen LogP contribution in [0.4, 0.5) is 0 Å². The maximum atomic E-state index is 9.48. The highest BCUT2D eigenvalue weighted by molar-refractivity contribution is 5.54. The quantitative estimate of drug-likeness (QED) is 0.734. The lowest BCUT2D eigenvalue weighted by molar-refractivity contribution is 0.134. The van der Waals surface area contributed by atoms with E-state index in [-0.39, 0.29) is 0 Å². The van der Waals surface area contributed by atoms with Crippen molar-refractivity contribution in [1.29, 1.82) is 0 Å². The van der Waals surface area contributed by atoms with Gasteiger partial charge in [-0.1, -0.05) is 36.4 Å². The zero-order valence-electron chi connectivity index (χ0n) is 8.41. The van der Waals surface area contributed by atoms with Crippen molar-refractivity contribution < 1.29 is 5.11 Å². The number of hydrogen-bond donors (Lipinski definition) is 1. The summed E-state index contributed by atoms with van der Waals surface area (Å²) in [6, 6.07) is 8.11. The van der Waals surface area contributed by atoms with Gasteiger partial charge in [-0.2, -0.15) is 0 Å². The van der Waals surface area contributed by atoms with Crippen molar-refractivity contribution in [2.45, 2.75) is 26.4 Å². The summed E-state index contributed by atoms with van der Waals surface area (Å²) in [7, 11) is 0. The first-order chi connectivity index (χ1) is 5.99. The molecule has 0 unspecified atom stereocenters. The Labute approximate surface area is 79.7 Å². The molecule has 0 aliphatic carbocycles. The maximum Gasteiger partial charge on any atom is 0.0774 e. The van der Waals surface area contributed by atoms with Gasteiger partial charge in [0.1, 0.15) is 0 Å². The van der Waals surface area contributed by atoms with Gasteiger partial charge in [-0.05, 0) is 31.9 Å². The van der Waals surface area contributed by atoms with Gasteiger partial charge in [0.15, 0.2) is 0 Å². The Morgan fingerprint density at radius 3 is 2.38 bits per heavy atom. The second-order valence-electron chi connectivity index (χ2n) is 3.84. The topological polar surface area (TPSA) is 20.2 Å². The second kappa shape index (κ2) is 3.75. The van der Waals surface area contributed by atoms with E-state index in [0.717, 1.165) is 5.56 Å². The van der Waals surface area contributed by atoms with E-state index in [1.165, 1.54) is 5.56 Å². The van der Waals surface area contributed by atoms with Gasteiger partial charge in [0, 0.05) is 0 Å². The fourth-order valence-corrected chi connectivity index (χ4v) is 1.07. The first-order valence-corrected chi connectivity index (χ1v) is 4.46. The Kier molecular flexibility index (Phi) is 2.89. The molecule has 0 atom stereocenters. The fraction of sp³-hybridized carbons (Fsp3) is 0.333. The van der Waals surface area contributed by atoms with Crippen molar-refractivity contribution in [2.75, 3.05) is 0 Å². The minimum Gasteiger partial charge on any atom is -0.386 e. The highest BCUT2D eigenvalue weighted by Gasteiger charge is 2.05. The Hall–Kier alpha value is -1.08. The smallest absolute Gasteiger partial charge is 0.0774 e. The van der Waals surface area contributed by atoms with Crippen molar-refractivity contribution in [1.82, 2.24) is 0 Å². The van der Waals surface area contributed by atoms with Crippen LogP contribution in [-0.2, 0) is 0 Å². The fourth-order valence-electron chi connectivity index (χ4n) is 1.07. The third kappa shape index (κ3) is 3.43. The normalized spacial score (nSPS) is 12.3. The number of rotatable bonds is 2. The van der Waals surface area contributed by atoms with Crippen LogP contribution < -0.4 is 0 Å². The predicted molar refractivity (Wildman–Crippen MR) is 56.5 cm³/mol. The first kappa shape index (κ1) is 10.0. The molecule has 13 heavy (non-hydrogen) atoms. The average molecular weight is 176 g/mol. The molecule has 0 amide bonds. The monoisotopic (exact) mass is 176 g/mol. The summed E-state index contributed by atoms with van der Waals surface area (Å²) < 4.78 is 0. The van der Waals surface area contributed by atoms with E-state index < -0.39 is 5.60 Å². The first-order valence-electron chi connectivity index (χ1n) is 4.46. The summed E-state index contributed by atoms with van der Waals surface area (Å²) in [6.07, 6.45) is 3.75. The summed E-state index contributed by atoms with van der Waals surface area (Å²) in [5, 5.41) is 9.48. The molecule has 0 saturated carbocycles. The average Bonchev–Trinajstić information content (AvgIpc) is 2.01. The Morgan fingerprint density at radius 2 is 1.85 bits per heavy atom. The van der Waals surface area contributed by atoms with Gasteiger partial charge in [0.05, 0.1) is 5.60 Å². The summed E-state index contributed by atoms with van der Waals surface area (Å²) in [6.45, 7) is 5.59. The summed E-state index contributed by atoms with van der Waals surface area (Å²) >= 11 is 0. The van der Waals surface area contributed by atoms with Crippen LogP contribution >= 0.6 is 0 Å². The van der Waals surface area contributed by atoms with Gasteiger partial charge in [-0.3, -0.25) is 0 Å². The number of aliphatic hydroxyl groups is 1. The molecule has 0 radical (unpaired) electrons. The lowest BCUT2D eigenvalue weighted by Crippen LogP contribution is -2.13. The van der Waals surface area contributed by atoms with Crippen LogP contribution in [0.5, 0.6) is 0 Å². The van der Waals surface area contributed by atoms with E-state index in [1.54, 1.807) is 19.9 Å². The molecular formula is C12H16O. The van der Waals surface area contributed by atoms with Crippen LogP contribution in [0.2, 0.25) is 0 Å². The molecule has 0 aromatic heterocycles. The molecule has 1 nitrogen and oxygen atoms in total. The Balaban J connectivity index is 2.86. The minimum absolute atomic E-state index is 0.734. The van der Waals surface area contributed by atoms with E-state index in [9.17, 15) is 5.11 Å². The van der Waals surface area contributed by atoms with Crippen molar-refractivity contribution in [2.24, 2.45) is 0 Å². The van der Waals surface area contributed by atoms with Gasteiger partial charge >= 0.3 is 0 Å². The van der Waals surface area contributed by atoms with E-state index in [2.05, 4.69) is 13.0 Å². The van der Waals surface area contributed by atoms with E-state index in [4.69, 9.17) is 0 Å². The van der Waals surface area contributed by atoms with Crippen LogP contribution in [0.25, 0.3) is 6.08 Å². The molecule has 0 fully saturated rings. The van der Waals surface area contributed by atoms with E-state index >= 15 is 0 Å². The molecule has 0 heterocycles. The van der Waals surface area contributed by atoms with Crippen molar-refractivity contribution >= 4 is 6.08 Å². The largest absolute Gasteiger partial charge is 0.386 e. The highest BCUT2D eigenvalue weighted by Crippen LogP contribution is 2.12. The molecule has 1 rings (SSSR count). The lowest BCUT2D eigenvalue weighted by atomic mass is 10.0. The van der Waals surface area contributed by atoms with Gasteiger partial charge in [0.25, 0.3) is 0 Å². The molecule has 1 aromatic rings. The molecule has 0 aliphatic heterocycles. The third-order valence-corrected chi connectivity index (χ3v) is 1.86. The third-order valence-electron chi connectivity index (χ3n) is 1.86. The molecule has 0 saturated heterocycles. The summed E-state index contributed by atoms with van der Waals surface area (Å²) in [4.78, 5) is 0. The van der Waals surface area contributed by atoms with Crippen LogP contribution in [0.3, 0.4) is 0 Å². The van der Waals surface area contributed by atoms with Crippen LogP contribution in [0.1, 0.15) is 25.0 Å². The van der Waals surface area contributed by atoms with Crippen molar-refractivity contribution in [3.8, 4) is 0 Å². The Morgan fingerprint density at radius 1 is 1.23 bits per heavy atom. The number of benzene rings is 1. The lowest BCUT2D eigenvalue weighted by Gasteiger charge is -2.10. The highest BCUT2D eigenvalue weighted by atomic mass is 16.3. The van der Waals surface area contributed by atoms with E-state index in [0.29, 0.717) is 0 Å². The van der Waals surface area contributed by atoms with Gasteiger partial charge in [0.2, 0.25) is 0 Å². The van der Waals surface area contributed by atoms with Crippen LogP contribution in [0, 0.1) is 6.92 Å². The molecule has 1 heteroatoms. The molecule has 0 spiro atoms. The number of hydrogen-bond acceptors (Lipinski definition) is 1. The van der Waals surface area contributed by atoms with Gasteiger partial charge < -0.3 is 5.11 Å². The van der Waals surface area contributed by atoms with E-state index in [1.807, 2.05) is 24.3 Å². The second-order valence-corrected chi connectivity index (χ2v) is 3.84. The maximum absolute atomic E-state index is 9.48. The molecular weight excluding hydrogens is 160 g/mol. The zero-order valence-corrected chi connectivity index (χ0v) is 8.41. The molecule has 0 bridgehead atoms. The van der Waals surface area contributed by atoms with Crippen molar-refractivity contribution in [3.05, 3.63) is 41.5 Å². The summed E-state index contributed by atoms with van der Waals surface area (Å²) in [5.41, 5.74) is 1.65.